The summed E-state index contributed by atoms with van der Waals surface area (Å²) < 4.78 is 5.62. The van der Waals surface area contributed by atoms with E-state index in [1.54, 1.807) is 0 Å². The van der Waals surface area contributed by atoms with Crippen LogP contribution < -0.4 is 5.56 Å². The van der Waals surface area contributed by atoms with E-state index in [-0.39, 0.29) is 11.6 Å². The molecule has 0 aliphatic carbocycles. The number of H-pyrrole nitrogens is 1. The quantitative estimate of drug-likeness (QED) is 0.875. The van der Waals surface area contributed by atoms with Crippen LogP contribution in [0.3, 0.4) is 0 Å². The normalized spacial score (nSPS) is 21.4. The Kier molecular flexibility index (Phi) is 4.14. The van der Waals surface area contributed by atoms with Gasteiger partial charge in [-0.15, -0.1) is 0 Å². The van der Waals surface area contributed by atoms with Crippen molar-refractivity contribution in [3.05, 3.63) is 27.9 Å². The zero-order valence-corrected chi connectivity index (χ0v) is 11.3. The van der Waals surface area contributed by atoms with Crippen molar-refractivity contribution >= 4 is 0 Å². The molecule has 2 atom stereocenters. The van der Waals surface area contributed by atoms with E-state index >= 15 is 0 Å². The van der Waals surface area contributed by atoms with E-state index in [9.17, 15) is 4.79 Å². The van der Waals surface area contributed by atoms with Crippen LogP contribution in [-0.2, 0) is 4.74 Å². The SMILES string of the molecule is Cc1cc(=O)[nH]c(C(C)N(C)C[C@@H]2CCCO2)n1. The number of nitrogens with one attached hydrogen (secondary N) is 1. The molecule has 1 aromatic heterocycles. The summed E-state index contributed by atoms with van der Waals surface area (Å²) in [6.45, 7) is 5.63. The van der Waals surface area contributed by atoms with Crippen molar-refractivity contribution in [2.45, 2.75) is 38.8 Å². The predicted molar refractivity (Wildman–Crippen MR) is 69.6 cm³/mol. The van der Waals surface area contributed by atoms with E-state index in [0.29, 0.717) is 6.10 Å². The summed E-state index contributed by atoms with van der Waals surface area (Å²) in [7, 11) is 2.04. The van der Waals surface area contributed by atoms with Crippen LogP contribution in [0, 0.1) is 6.92 Å². The molecule has 2 rings (SSSR count). The Morgan fingerprint density at radius 1 is 1.67 bits per heavy atom. The molecular weight excluding hydrogens is 230 g/mol. The maximum Gasteiger partial charge on any atom is 0.251 e. The Labute approximate surface area is 107 Å². The van der Waals surface area contributed by atoms with E-state index in [2.05, 4.69) is 14.9 Å². The molecule has 0 spiro atoms. The average molecular weight is 251 g/mol. The number of rotatable bonds is 4. The minimum absolute atomic E-state index is 0.0850. The largest absolute Gasteiger partial charge is 0.377 e. The van der Waals surface area contributed by atoms with Crippen molar-refractivity contribution in [1.29, 1.82) is 0 Å². The molecule has 0 aromatic carbocycles. The van der Waals surface area contributed by atoms with Gasteiger partial charge in [0.15, 0.2) is 0 Å². The summed E-state index contributed by atoms with van der Waals surface area (Å²) in [5, 5.41) is 0. The Bertz CT molecular complexity index is 452. The molecule has 0 bridgehead atoms. The van der Waals surface area contributed by atoms with Gasteiger partial charge in [-0.3, -0.25) is 9.69 Å². The summed E-state index contributed by atoms with van der Waals surface area (Å²) in [4.78, 5) is 20.8. The van der Waals surface area contributed by atoms with Crippen molar-refractivity contribution in [3.8, 4) is 0 Å². The van der Waals surface area contributed by atoms with Crippen molar-refractivity contribution < 1.29 is 4.74 Å². The smallest absolute Gasteiger partial charge is 0.251 e. The lowest BCUT2D eigenvalue weighted by Crippen LogP contribution is -2.32. The fourth-order valence-electron chi connectivity index (χ4n) is 2.28. The number of hydrogen-bond acceptors (Lipinski definition) is 4. The number of ether oxygens (including phenoxy) is 1. The van der Waals surface area contributed by atoms with E-state index < -0.39 is 0 Å². The second kappa shape index (κ2) is 5.63. The summed E-state index contributed by atoms with van der Waals surface area (Å²) in [6, 6.07) is 1.60. The monoisotopic (exact) mass is 251 g/mol. The van der Waals surface area contributed by atoms with E-state index in [0.717, 1.165) is 37.5 Å². The molecular formula is C13H21N3O2. The first-order chi connectivity index (χ1) is 8.56. The molecule has 1 aliphatic rings. The van der Waals surface area contributed by atoms with Crippen LogP contribution in [0.25, 0.3) is 0 Å². The Morgan fingerprint density at radius 2 is 2.44 bits per heavy atom. The molecule has 5 nitrogen and oxygen atoms in total. The molecule has 0 amide bonds. The van der Waals surface area contributed by atoms with Gasteiger partial charge >= 0.3 is 0 Å². The first kappa shape index (κ1) is 13.2. The Hall–Kier alpha value is -1.20. The fraction of sp³-hybridized carbons (Fsp3) is 0.692. The molecule has 100 valence electrons. The van der Waals surface area contributed by atoms with Crippen LogP contribution in [0.5, 0.6) is 0 Å². The lowest BCUT2D eigenvalue weighted by Gasteiger charge is -2.26. The molecule has 1 saturated heterocycles. The van der Waals surface area contributed by atoms with Gasteiger partial charge in [0.05, 0.1) is 12.1 Å². The second-order valence-corrected chi connectivity index (χ2v) is 5.02. The lowest BCUT2D eigenvalue weighted by atomic mass is 10.2. The maximum atomic E-state index is 11.4. The predicted octanol–water partition coefficient (Wildman–Crippen LogP) is 1.25. The zero-order chi connectivity index (χ0) is 13.1. The molecule has 1 fully saturated rings. The highest BCUT2D eigenvalue weighted by Gasteiger charge is 2.21. The summed E-state index contributed by atoms with van der Waals surface area (Å²) in [5.41, 5.74) is 0.668. The van der Waals surface area contributed by atoms with Crippen molar-refractivity contribution in [1.82, 2.24) is 14.9 Å². The fourth-order valence-corrected chi connectivity index (χ4v) is 2.28. The van der Waals surface area contributed by atoms with E-state index in [1.165, 1.54) is 6.07 Å². The standard InChI is InChI=1S/C13H21N3O2/c1-9-7-12(17)15-13(14-9)10(2)16(3)8-11-5-4-6-18-11/h7,10-11H,4-6,8H2,1-3H3,(H,14,15,17)/t10?,11-/m0/s1. The van der Waals surface area contributed by atoms with Gasteiger partial charge in [-0.1, -0.05) is 0 Å². The number of aryl methyl sites for hydroxylation is 1. The highest BCUT2D eigenvalue weighted by molar-refractivity contribution is 5.03. The second-order valence-electron chi connectivity index (χ2n) is 5.02. The van der Waals surface area contributed by atoms with Gasteiger partial charge in [0.1, 0.15) is 5.82 Å². The number of aromatic amines is 1. The van der Waals surface area contributed by atoms with Gasteiger partial charge in [0, 0.05) is 24.9 Å². The van der Waals surface area contributed by atoms with Crippen LogP contribution in [0.15, 0.2) is 10.9 Å². The first-order valence-electron chi connectivity index (χ1n) is 6.46. The minimum atomic E-state index is -0.0881. The third kappa shape index (κ3) is 3.17. The molecule has 1 aromatic rings. The number of aromatic nitrogens is 2. The molecule has 0 saturated carbocycles. The van der Waals surface area contributed by atoms with Gasteiger partial charge < -0.3 is 9.72 Å². The van der Waals surface area contributed by atoms with Crippen LogP contribution >= 0.6 is 0 Å². The third-order valence-electron chi connectivity index (χ3n) is 3.46. The number of likely N-dealkylation sites (N-methyl/N-ethyl adjacent to an activating group) is 1. The molecule has 18 heavy (non-hydrogen) atoms. The van der Waals surface area contributed by atoms with E-state index in [1.807, 2.05) is 20.9 Å². The van der Waals surface area contributed by atoms with Gasteiger partial charge in [0.2, 0.25) is 0 Å². The highest BCUT2D eigenvalue weighted by Crippen LogP contribution is 2.18. The third-order valence-corrected chi connectivity index (χ3v) is 3.46. The Balaban J connectivity index is 2.04. The van der Waals surface area contributed by atoms with Gasteiger partial charge in [0.25, 0.3) is 5.56 Å². The van der Waals surface area contributed by atoms with Crippen LogP contribution in [0.2, 0.25) is 0 Å². The maximum absolute atomic E-state index is 11.4. The van der Waals surface area contributed by atoms with Crippen LogP contribution in [0.1, 0.15) is 37.3 Å². The molecule has 5 heteroatoms. The average Bonchev–Trinajstić information content (AvgIpc) is 2.79. The van der Waals surface area contributed by atoms with Crippen molar-refractivity contribution in [2.24, 2.45) is 0 Å². The number of nitrogens with zero attached hydrogens (tertiary/aromatic N) is 2. The van der Waals surface area contributed by atoms with Crippen molar-refractivity contribution in [3.63, 3.8) is 0 Å². The topological polar surface area (TPSA) is 58.2 Å². The highest BCUT2D eigenvalue weighted by atomic mass is 16.5. The summed E-state index contributed by atoms with van der Waals surface area (Å²) in [6.07, 6.45) is 2.58. The zero-order valence-electron chi connectivity index (χ0n) is 11.3. The van der Waals surface area contributed by atoms with Gasteiger partial charge in [-0.05, 0) is 33.7 Å². The van der Waals surface area contributed by atoms with Crippen LogP contribution in [0.4, 0.5) is 0 Å². The van der Waals surface area contributed by atoms with Crippen molar-refractivity contribution in [2.75, 3.05) is 20.2 Å². The summed E-state index contributed by atoms with van der Waals surface area (Å²) >= 11 is 0. The summed E-state index contributed by atoms with van der Waals surface area (Å²) in [5.74, 6) is 0.723. The van der Waals surface area contributed by atoms with Gasteiger partial charge in [-0.25, -0.2) is 4.98 Å². The Morgan fingerprint density at radius 3 is 3.06 bits per heavy atom. The first-order valence-corrected chi connectivity index (χ1v) is 6.46. The molecule has 2 heterocycles. The van der Waals surface area contributed by atoms with Crippen LogP contribution in [-0.4, -0.2) is 41.2 Å². The molecule has 0 radical (unpaired) electrons. The minimum Gasteiger partial charge on any atom is -0.377 e. The molecule has 1 aliphatic heterocycles. The van der Waals surface area contributed by atoms with E-state index in [4.69, 9.17) is 4.74 Å². The molecule has 1 unspecified atom stereocenters. The number of hydrogen-bond donors (Lipinski definition) is 1. The molecule has 1 N–H and O–H groups in total. The van der Waals surface area contributed by atoms with Gasteiger partial charge in [-0.2, -0.15) is 0 Å². The lowest BCUT2D eigenvalue weighted by molar-refractivity contribution is 0.0691.